The number of hydrogen-bond acceptors (Lipinski definition) is 6. The molecule has 1 unspecified atom stereocenters. The van der Waals surface area contributed by atoms with Gasteiger partial charge in [0.2, 0.25) is 11.8 Å². The van der Waals surface area contributed by atoms with Crippen LogP contribution in [-0.2, 0) is 19.2 Å². The van der Waals surface area contributed by atoms with E-state index < -0.39 is 42.7 Å². The van der Waals surface area contributed by atoms with Gasteiger partial charge in [-0.2, -0.15) is 0 Å². The fourth-order valence-electron chi connectivity index (χ4n) is 3.58. The fourth-order valence-corrected chi connectivity index (χ4v) is 4.61. The van der Waals surface area contributed by atoms with Gasteiger partial charge < -0.3 is 10.4 Å². The molecule has 174 valence electrons. The summed E-state index contributed by atoms with van der Waals surface area (Å²) in [4.78, 5) is 56.6. The molecule has 0 radical (unpaired) electrons. The summed E-state index contributed by atoms with van der Waals surface area (Å²) in [6, 6.07) is 7.63. The highest BCUT2D eigenvalue weighted by molar-refractivity contribution is 7.99. The number of Topliss-reactive ketones (excluding diaryl/α,β-unsaturated/α-hetero) is 1. The summed E-state index contributed by atoms with van der Waals surface area (Å²) in [6.07, 6.45) is 2.33. The zero-order chi connectivity index (χ0) is 24.1. The van der Waals surface area contributed by atoms with Gasteiger partial charge in [-0.1, -0.05) is 37.7 Å². The number of anilines is 2. The molecule has 3 rings (SSSR count). The number of ketones is 1. The van der Waals surface area contributed by atoms with Crippen LogP contribution in [0.5, 0.6) is 0 Å². The highest BCUT2D eigenvalue weighted by Crippen LogP contribution is 2.48. The number of alkyl halides is 1. The van der Waals surface area contributed by atoms with Crippen molar-refractivity contribution in [1.82, 2.24) is 10.3 Å². The highest BCUT2D eigenvalue weighted by atomic mass is 32.2. The SMILES string of the molecule is CC(C)[C@H](CC(=O)N1c2ccccc2Sc2cnccc21)C(=O)NC(CC(=O)O)C(=O)CF. The third kappa shape index (κ3) is 5.57. The third-order valence-electron chi connectivity index (χ3n) is 5.33. The number of halogens is 1. The predicted octanol–water partition coefficient (Wildman–Crippen LogP) is 3.37. The van der Waals surface area contributed by atoms with E-state index in [1.807, 2.05) is 24.3 Å². The van der Waals surface area contributed by atoms with Gasteiger partial charge in [0.25, 0.3) is 0 Å². The van der Waals surface area contributed by atoms with Gasteiger partial charge in [-0.25, -0.2) is 4.39 Å². The number of benzene rings is 1. The number of aliphatic carboxylic acids is 1. The van der Waals surface area contributed by atoms with Crippen LogP contribution >= 0.6 is 11.8 Å². The van der Waals surface area contributed by atoms with Crippen LogP contribution in [0.25, 0.3) is 0 Å². The van der Waals surface area contributed by atoms with Crippen molar-refractivity contribution < 1.29 is 28.7 Å². The van der Waals surface area contributed by atoms with E-state index in [0.717, 1.165) is 9.79 Å². The number of carbonyl (C=O) groups is 4. The summed E-state index contributed by atoms with van der Waals surface area (Å²) in [5.74, 6) is -4.52. The van der Waals surface area contributed by atoms with E-state index in [0.29, 0.717) is 11.4 Å². The topological polar surface area (TPSA) is 117 Å². The molecule has 33 heavy (non-hydrogen) atoms. The van der Waals surface area contributed by atoms with E-state index in [2.05, 4.69) is 10.3 Å². The second-order valence-corrected chi connectivity index (χ2v) is 9.04. The molecule has 1 aliphatic rings. The Kier molecular flexibility index (Phi) is 7.80. The van der Waals surface area contributed by atoms with Crippen molar-refractivity contribution in [3.05, 3.63) is 42.7 Å². The second kappa shape index (κ2) is 10.6. The van der Waals surface area contributed by atoms with Gasteiger partial charge in [0.1, 0.15) is 12.7 Å². The van der Waals surface area contributed by atoms with Crippen LogP contribution in [0.2, 0.25) is 0 Å². The first-order chi connectivity index (χ1) is 15.7. The zero-order valence-corrected chi connectivity index (χ0v) is 19.0. The van der Waals surface area contributed by atoms with Crippen molar-refractivity contribution in [2.24, 2.45) is 11.8 Å². The Morgan fingerprint density at radius 3 is 2.45 bits per heavy atom. The molecular formula is C23H24FN3O5S. The summed E-state index contributed by atoms with van der Waals surface area (Å²) in [5, 5.41) is 11.3. The molecule has 2 aromatic rings. The smallest absolute Gasteiger partial charge is 0.305 e. The molecule has 0 bridgehead atoms. The van der Waals surface area contributed by atoms with E-state index in [-0.39, 0.29) is 18.2 Å². The normalized spacial score (nSPS) is 14.1. The van der Waals surface area contributed by atoms with Crippen molar-refractivity contribution in [2.75, 3.05) is 11.6 Å². The molecule has 1 aromatic heterocycles. The van der Waals surface area contributed by atoms with Crippen LogP contribution in [0.4, 0.5) is 15.8 Å². The van der Waals surface area contributed by atoms with Crippen LogP contribution in [0.3, 0.4) is 0 Å². The lowest BCUT2D eigenvalue weighted by Gasteiger charge is -2.32. The average Bonchev–Trinajstić information content (AvgIpc) is 2.79. The van der Waals surface area contributed by atoms with E-state index >= 15 is 0 Å². The molecule has 0 fully saturated rings. The standard InChI is InChI=1S/C23H24FN3O5S/c1-13(2)14(23(32)26-15(10-22(30)31)18(28)11-24)9-21(29)27-16-5-3-4-6-19(16)33-20-12-25-8-7-17(20)27/h3-8,12-15H,9-11H2,1-2H3,(H,26,32)(H,30,31)/t14-,15?/m0/s1. The molecule has 0 spiro atoms. The summed E-state index contributed by atoms with van der Waals surface area (Å²) in [7, 11) is 0. The lowest BCUT2D eigenvalue weighted by molar-refractivity contribution is -0.141. The maximum absolute atomic E-state index is 13.5. The Labute approximate surface area is 194 Å². The first kappa shape index (κ1) is 24.4. The first-order valence-electron chi connectivity index (χ1n) is 10.4. The molecule has 1 aromatic carbocycles. The molecule has 2 heterocycles. The summed E-state index contributed by atoms with van der Waals surface area (Å²) < 4.78 is 12.9. The number of nitrogens with zero attached hydrogens (tertiary/aromatic N) is 2. The molecule has 1 aliphatic heterocycles. The monoisotopic (exact) mass is 473 g/mol. The van der Waals surface area contributed by atoms with Gasteiger partial charge in [-0.05, 0) is 24.1 Å². The van der Waals surface area contributed by atoms with E-state index in [4.69, 9.17) is 5.11 Å². The van der Waals surface area contributed by atoms with E-state index in [1.165, 1.54) is 11.8 Å². The third-order valence-corrected chi connectivity index (χ3v) is 6.43. The van der Waals surface area contributed by atoms with Crippen LogP contribution in [-0.4, -0.2) is 46.4 Å². The van der Waals surface area contributed by atoms with E-state index in [1.54, 1.807) is 37.2 Å². The quantitative estimate of drug-likeness (QED) is 0.573. The minimum absolute atomic E-state index is 0.187. The largest absolute Gasteiger partial charge is 0.481 e. The minimum Gasteiger partial charge on any atom is -0.481 e. The fraction of sp³-hybridized carbons (Fsp3) is 0.348. The average molecular weight is 474 g/mol. The second-order valence-electron chi connectivity index (χ2n) is 7.96. The van der Waals surface area contributed by atoms with Gasteiger partial charge in [0.15, 0.2) is 5.78 Å². The van der Waals surface area contributed by atoms with Crippen LogP contribution < -0.4 is 10.2 Å². The molecule has 0 saturated carbocycles. The number of rotatable bonds is 9. The maximum atomic E-state index is 13.5. The van der Waals surface area contributed by atoms with Gasteiger partial charge >= 0.3 is 5.97 Å². The Bertz CT molecular complexity index is 1030. The highest BCUT2D eigenvalue weighted by Gasteiger charge is 2.34. The number of nitrogens with one attached hydrogen (secondary N) is 1. The molecule has 0 saturated heterocycles. The van der Waals surface area contributed by atoms with Gasteiger partial charge in [0.05, 0.1) is 22.7 Å². The Balaban J connectivity index is 1.86. The Morgan fingerprint density at radius 2 is 1.79 bits per heavy atom. The van der Waals surface area contributed by atoms with Gasteiger partial charge in [-0.3, -0.25) is 29.1 Å². The number of carbonyl (C=O) groups excluding carboxylic acids is 3. The Morgan fingerprint density at radius 1 is 1.09 bits per heavy atom. The van der Waals surface area contributed by atoms with Crippen LogP contribution in [0.1, 0.15) is 26.7 Å². The Hall–Kier alpha value is -3.27. The van der Waals surface area contributed by atoms with Crippen molar-refractivity contribution in [1.29, 1.82) is 0 Å². The number of pyridine rings is 1. The van der Waals surface area contributed by atoms with Crippen molar-refractivity contribution >= 4 is 46.7 Å². The zero-order valence-electron chi connectivity index (χ0n) is 18.2. The number of para-hydroxylation sites is 1. The summed E-state index contributed by atoms with van der Waals surface area (Å²) in [5.41, 5.74) is 1.34. The number of carboxylic acids is 1. The van der Waals surface area contributed by atoms with Crippen LogP contribution in [0.15, 0.2) is 52.5 Å². The number of aromatic nitrogens is 1. The summed E-state index contributed by atoms with van der Waals surface area (Å²) in [6.45, 7) is 2.10. The van der Waals surface area contributed by atoms with Gasteiger partial charge in [0, 0.05) is 29.6 Å². The van der Waals surface area contributed by atoms with Crippen molar-refractivity contribution in [3.8, 4) is 0 Å². The lowest BCUT2D eigenvalue weighted by Crippen LogP contribution is -2.47. The van der Waals surface area contributed by atoms with Crippen LogP contribution in [0, 0.1) is 11.8 Å². The molecule has 0 aliphatic carbocycles. The predicted molar refractivity (Wildman–Crippen MR) is 120 cm³/mol. The molecule has 10 heteroatoms. The first-order valence-corrected chi connectivity index (χ1v) is 11.2. The van der Waals surface area contributed by atoms with Crippen molar-refractivity contribution in [3.63, 3.8) is 0 Å². The van der Waals surface area contributed by atoms with Crippen molar-refractivity contribution in [2.45, 2.75) is 42.5 Å². The molecule has 2 amide bonds. The number of hydrogen-bond donors (Lipinski definition) is 2. The summed E-state index contributed by atoms with van der Waals surface area (Å²) >= 11 is 1.49. The molecule has 8 nitrogen and oxygen atoms in total. The number of fused-ring (bicyclic) bond motifs is 2. The molecule has 2 atom stereocenters. The number of carboxylic acid groups (broad SMARTS) is 1. The maximum Gasteiger partial charge on any atom is 0.305 e. The lowest BCUT2D eigenvalue weighted by atomic mass is 9.90. The van der Waals surface area contributed by atoms with Gasteiger partial charge in [-0.15, -0.1) is 0 Å². The minimum atomic E-state index is -1.49. The molecule has 2 N–H and O–H groups in total. The number of amides is 2. The molecular weight excluding hydrogens is 449 g/mol. The van der Waals surface area contributed by atoms with E-state index in [9.17, 15) is 23.6 Å².